The number of hydrogen-bond donors (Lipinski definition) is 1. The SMILES string of the molecule is S=c1[nH]nc(-c2csnn2)n1-c1ccccc1. The lowest BCUT2D eigenvalue weighted by Gasteiger charge is -2.03. The number of aromatic amines is 1. The van der Waals surface area contributed by atoms with Gasteiger partial charge in [0, 0.05) is 5.38 Å². The van der Waals surface area contributed by atoms with Gasteiger partial charge in [0.1, 0.15) is 5.69 Å². The predicted octanol–water partition coefficient (Wildman–Crippen LogP) is 2.45. The summed E-state index contributed by atoms with van der Waals surface area (Å²) in [6.07, 6.45) is 0. The minimum Gasteiger partial charge on any atom is -0.267 e. The zero-order chi connectivity index (χ0) is 11.7. The van der Waals surface area contributed by atoms with E-state index in [1.54, 1.807) is 0 Å². The third-order valence-electron chi connectivity index (χ3n) is 2.28. The summed E-state index contributed by atoms with van der Waals surface area (Å²) >= 11 is 6.51. The van der Waals surface area contributed by atoms with Crippen molar-refractivity contribution < 1.29 is 0 Å². The van der Waals surface area contributed by atoms with Crippen molar-refractivity contribution in [3.05, 3.63) is 40.5 Å². The highest BCUT2D eigenvalue weighted by molar-refractivity contribution is 7.71. The van der Waals surface area contributed by atoms with E-state index in [0.29, 0.717) is 16.3 Å². The average molecular weight is 261 g/mol. The summed E-state index contributed by atoms with van der Waals surface area (Å²) in [7, 11) is 0. The minimum atomic E-state index is 0.541. The van der Waals surface area contributed by atoms with Crippen LogP contribution in [0, 0.1) is 4.77 Å². The molecule has 0 amide bonds. The van der Waals surface area contributed by atoms with Crippen molar-refractivity contribution in [3.8, 4) is 17.2 Å². The quantitative estimate of drug-likeness (QED) is 0.720. The Morgan fingerprint density at radius 1 is 1.24 bits per heavy atom. The van der Waals surface area contributed by atoms with E-state index in [0.717, 1.165) is 5.69 Å². The monoisotopic (exact) mass is 261 g/mol. The van der Waals surface area contributed by atoms with Crippen LogP contribution in [0.15, 0.2) is 35.7 Å². The second-order valence-corrected chi connectivity index (χ2v) is 4.31. The highest BCUT2D eigenvalue weighted by Crippen LogP contribution is 2.19. The normalized spacial score (nSPS) is 10.6. The molecule has 0 fully saturated rings. The summed E-state index contributed by atoms with van der Waals surface area (Å²) in [4.78, 5) is 0. The van der Waals surface area contributed by atoms with Crippen molar-refractivity contribution in [1.29, 1.82) is 0 Å². The largest absolute Gasteiger partial charge is 0.267 e. The van der Waals surface area contributed by atoms with Crippen LogP contribution < -0.4 is 0 Å². The molecule has 0 unspecified atom stereocenters. The summed E-state index contributed by atoms with van der Waals surface area (Å²) in [5.74, 6) is 0.676. The highest BCUT2D eigenvalue weighted by Gasteiger charge is 2.12. The summed E-state index contributed by atoms with van der Waals surface area (Å²) < 4.78 is 6.21. The van der Waals surface area contributed by atoms with Crippen molar-refractivity contribution in [2.45, 2.75) is 0 Å². The molecule has 0 spiro atoms. The summed E-state index contributed by atoms with van der Waals surface area (Å²) in [6.45, 7) is 0. The second kappa shape index (κ2) is 4.19. The maximum atomic E-state index is 5.23. The van der Waals surface area contributed by atoms with E-state index < -0.39 is 0 Å². The molecule has 2 aromatic heterocycles. The molecular weight excluding hydrogens is 254 g/mol. The fraction of sp³-hybridized carbons (Fsp3) is 0. The standard InChI is InChI=1S/C10H7N5S2/c16-10-13-12-9(8-6-17-14-11-8)15(10)7-4-2-1-3-5-7/h1-6H,(H,13,16). The second-order valence-electron chi connectivity index (χ2n) is 3.31. The maximum Gasteiger partial charge on any atom is 0.200 e. The molecule has 1 aromatic carbocycles. The van der Waals surface area contributed by atoms with Gasteiger partial charge in [-0.15, -0.1) is 5.10 Å². The van der Waals surface area contributed by atoms with Crippen LogP contribution in [0.1, 0.15) is 0 Å². The van der Waals surface area contributed by atoms with Crippen molar-refractivity contribution >= 4 is 23.8 Å². The van der Waals surface area contributed by atoms with Crippen LogP contribution in [0.3, 0.4) is 0 Å². The summed E-state index contributed by atoms with van der Waals surface area (Å²) in [5.41, 5.74) is 1.67. The van der Waals surface area contributed by atoms with Gasteiger partial charge in [-0.1, -0.05) is 22.7 Å². The van der Waals surface area contributed by atoms with Gasteiger partial charge < -0.3 is 0 Å². The fourth-order valence-electron chi connectivity index (χ4n) is 1.55. The molecule has 0 bridgehead atoms. The summed E-state index contributed by atoms with van der Waals surface area (Å²) in [5, 5.41) is 12.8. The van der Waals surface area contributed by atoms with E-state index >= 15 is 0 Å². The Hall–Kier alpha value is -1.86. The van der Waals surface area contributed by atoms with Gasteiger partial charge >= 0.3 is 0 Å². The molecule has 0 aliphatic carbocycles. The molecule has 0 aliphatic heterocycles. The lowest BCUT2D eigenvalue weighted by Crippen LogP contribution is -1.97. The summed E-state index contributed by atoms with van der Waals surface area (Å²) in [6, 6.07) is 9.79. The first-order valence-corrected chi connectivity index (χ1v) is 6.11. The molecule has 0 saturated carbocycles. The molecule has 17 heavy (non-hydrogen) atoms. The number of aromatic nitrogens is 5. The van der Waals surface area contributed by atoms with Crippen LogP contribution in [0.5, 0.6) is 0 Å². The molecule has 5 nitrogen and oxygen atoms in total. The molecular formula is C10H7N5S2. The third kappa shape index (κ3) is 1.79. The average Bonchev–Trinajstić information content (AvgIpc) is 2.98. The Morgan fingerprint density at radius 2 is 2.06 bits per heavy atom. The van der Waals surface area contributed by atoms with Crippen LogP contribution in [-0.2, 0) is 0 Å². The van der Waals surface area contributed by atoms with Crippen LogP contribution in [0.2, 0.25) is 0 Å². The van der Waals surface area contributed by atoms with Crippen molar-refractivity contribution in [3.63, 3.8) is 0 Å². The maximum absolute atomic E-state index is 5.23. The first kappa shape index (κ1) is 10.3. The van der Waals surface area contributed by atoms with Gasteiger partial charge in [-0.3, -0.25) is 9.67 Å². The van der Waals surface area contributed by atoms with Crippen LogP contribution in [-0.4, -0.2) is 24.4 Å². The number of benzene rings is 1. The Balaban J connectivity index is 2.24. The molecule has 2 heterocycles. The van der Waals surface area contributed by atoms with E-state index in [9.17, 15) is 0 Å². The van der Waals surface area contributed by atoms with Gasteiger partial charge in [0.15, 0.2) is 10.6 Å². The van der Waals surface area contributed by atoms with Gasteiger partial charge in [0.2, 0.25) is 0 Å². The molecule has 0 atom stereocenters. The van der Waals surface area contributed by atoms with E-state index in [-0.39, 0.29) is 0 Å². The molecule has 0 radical (unpaired) electrons. The van der Waals surface area contributed by atoms with Gasteiger partial charge in [0.25, 0.3) is 0 Å². The van der Waals surface area contributed by atoms with Gasteiger partial charge in [0.05, 0.1) is 5.69 Å². The number of rotatable bonds is 2. The lowest BCUT2D eigenvalue weighted by atomic mass is 10.3. The molecule has 0 aliphatic rings. The van der Waals surface area contributed by atoms with Gasteiger partial charge in [-0.05, 0) is 35.9 Å². The molecule has 1 N–H and O–H groups in total. The third-order valence-corrected chi connectivity index (χ3v) is 3.05. The fourth-order valence-corrected chi connectivity index (χ4v) is 2.22. The molecule has 0 saturated heterocycles. The Bertz CT molecular complexity index is 668. The minimum absolute atomic E-state index is 0.541. The number of para-hydroxylation sites is 1. The predicted molar refractivity (Wildman–Crippen MR) is 67.7 cm³/mol. The van der Waals surface area contributed by atoms with Gasteiger partial charge in [-0.2, -0.15) is 5.10 Å². The van der Waals surface area contributed by atoms with E-state index in [4.69, 9.17) is 12.2 Å². The Morgan fingerprint density at radius 3 is 2.76 bits per heavy atom. The molecule has 7 heteroatoms. The van der Waals surface area contributed by atoms with Crippen molar-refractivity contribution in [2.24, 2.45) is 0 Å². The zero-order valence-corrected chi connectivity index (χ0v) is 10.2. The van der Waals surface area contributed by atoms with Crippen molar-refractivity contribution in [2.75, 3.05) is 0 Å². The molecule has 3 aromatic rings. The molecule has 3 rings (SSSR count). The van der Waals surface area contributed by atoms with Crippen LogP contribution >= 0.6 is 23.8 Å². The topological polar surface area (TPSA) is 59.4 Å². The Labute approximate surface area is 106 Å². The van der Waals surface area contributed by atoms with E-state index in [1.165, 1.54) is 11.5 Å². The smallest absolute Gasteiger partial charge is 0.200 e. The first-order chi connectivity index (χ1) is 8.36. The zero-order valence-electron chi connectivity index (χ0n) is 8.57. The Kier molecular flexibility index (Phi) is 2.54. The number of hydrogen-bond acceptors (Lipinski definition) is 5. The van der Waals surface area contributed by atoms with E-state index in [2.05, 4.69) is 19.8 Å². The van der Waals surface area contributed by atoms with Crippen LogP contribution in [0.25, 0.3) is 17.2 Å². The van der Waals surface area contributed by atoms with E-state index in [1.807, 2.05) is 40.3 Å². The first-order valence-electron chi connectivity index (χ1n) is 4.86. The number of H-pyrrole nitrogens is 1. The van der Waals surface area contributed by atoms with Crippen LogP contribution in [0.4, 0.5) is 0 Å². The highest BCUT2D eigenvalue weighted by atomic mass is 32.1. The number of nitrogens with zero attached hydrogens (tertiary/aromatic N) is 4. The van der Waals surface area contributed by atoms with Gasteiger partial charge in [-0.25, -0.2) is 0 Å². The molecule has 84 valence electrons. The van der Waals surface area contributed by atoms with Crippen molar-refractivity contribution in [1.82, 2.24) is 24.4 Å². The lowest BCUT2D eigenvalue weighted by molar-refractivity contribution is 1.02. The number of nitrogens with one attached hydrogen (secondary N) is 1.